The predicted molar refractivity (Wildman–Crippen MR) is 63.0 cm³/mol. The van der Waals surface area contributed by atoms with Gasteiger partial charge in [0.05, 0.1) is 6.04 Å². The molecule has 0 aliphatic heterocycles. The number of carbonyl (C=O) groups excluding carboxylic acids is 1. The number of ether oxygens (including phenoxy) is 1. The van der Waals surface area contributed by atoms with E-state index in [9.17, 15) is 4.79 Å². The molecule has 1 amide bonds. The van der Waals surface area contributed by atoms with Crippen molar-refractivity contribution in [3.8, 4) is 0 Å². The van der Waals surface area contributed by atoms with Gasteiger partial charge in [0, 0.05) is 25.5 Å². The lowest BCUT2D eigenvalue weighted by Crippen LogP contribution is -2.44. The van der Waals surface area contributed by atoms with Gasteiger partial charge in [0.25, 0.3) is 0 Å². The fourth-order valence-corrected chi connectivity index (χ4v) is 2.24. The molecular weight excluding hydrogens is 212 g/mol. The Morgan fingerprint density at radius 1 is 1.67 bits per heavy atom. The number of carbonyl (C=O) groups is 1. The Labute approximate surface area is 95.3 Å². The third kappa shape index (κ3) is 6.02. The Balaban J connectivity index is 2.05. The van der Waals surface area contributed by atoms with Crippen LogP contribution in [0.5, 0.6) is 0 Å². The number of thioether (sulfide) groups is 1. The van der Waals surface area contributed by atoms with E-state index in [0.717, 1.165) is 24.5 Å². The van der Waals surface area contributed by atoms with Crippen molar-refractivity contribution in [2.45, 2.75) is 31.3 Å². The van der Waals surface area contributed by atoms with Gasteiger partial charge in [-0.2, -0.15) is 11.8 Å². The number of methoxy groups -OCH3 is 1. The number of hydrogen-bond donors (Lipinski definition) is 2. The van der Waals surface area contributed by atoms with E-state index in [0.29, 0.717) is 6.04 Å². The minimum Gasteiger partial charge on any atom is -0.385 e. The molecule has 1 fully saturated rings. The van der Waals surface area contributed by atoms with E-state index in [1.165, 1.54) is 12.8 Å². The lowest BCUT2D eigenvalue weighted by atomic mass is 10.3. The Morgan fingerprint density at radius 2 is 2.40 bits per heavy atom. The highest BCUT2D eigenvalue weighted by molar-refractivity contribution is 7.99. The average molecular weight is 232 g/mol. The number of amides is 1. The van der Waals surface area contributed by atoms with Gasteiger partial charge in [-0.1, -0.05) is 0 Å². The fourth-order valence-electron chi connectivity index (χ4n) is 1.25. The van der Waals surface area contributed by atoms with Crippen LogP contribution < -0.4 is 11.1 Å². The lowest BCUT2D eigenvalue weighted by molar-refractivity contribution is -0.119. The summed E-state index contributed by atoms with van der Waals surface area (Å²) in [7, 11) is 1.70. The monoisotopic (exact) mass is 232 g/mol. The number of rotatable bonds is 9. The first kappa shape index (κ1) is 12.8. The molecule has 1 unspecified atom stereocenters. The second-order valence-electron chi connectivity index (χ2n) is 3.82. The molecule has 0 bridgehead atoms. The molecule has 5 heteroatoms. The summed E-state index contributed by atoms with van der Waals surface area (Å²) in [5.41, 5.74) is 5.31. The zero-order chi connectivity index (χ0) is 11.1. The first-order chi connectivity index (χ1) is 7.24. The van der Waals surface area contributed by atoms with Gasteiger partial charge >= 0.3 is 0 Å². The van der Waals surface area contributed by atoms with E-state index in [4.69, 9.17) is 10.5 Å². The van der Waals surface area contributed by atoms with E-state index < -0.39 is 0 Å². The van der Waals surface area contributed by atoms with Crippen molar-refractivity contribution in [2.75, 3.05) is 25.2 Å². The zero-order valence-corrected chi connectivity index (χ0v) is 10.0. The maximum absolute atomic E-state index is 11.1. The van der Waals surface area contributed by atoms with Crippen LogP contribution in [0, 0.1) is 0 Å². The first-order valence-corrected chi connectivity index (χ1v) is 6.51. The van der Waals surface area contributed by atoms with E-state index in [2.05, 4.69) is 5.32 Å². The third-order valence-corrected chi connectivity index (χ3v) is 3.43. The summed E-state index contributed by atoms with van der Waals surface area (Å²) < 4.78 is 4.95. The lowest BCUT2D eigenvalue weighted by Gasteiger charge is -2.14. The van der Waals surface area contributed by atoms with Crippen LogP contribution in [0.25, 0.3) is 0 Å². The van der Waals surface area contributed by atoms with Gasteiger partial charge in [-0.15, -0.1) is 0 Å². The molecule has 0 radical (unpaired) electrons. The van der Waals surface area contributed by atoms with Crippen molar-refractivity contribution in [2.24, 2.45) is 5.73 Å². The maximum atomic E-state index is 11.1. The van der Waals surface area contributed by atoms with E-state index in [-0.39, 0.29) is 11.9 Å². The largest absolute Gasteiger partial charge is 0.385 e. The van der Waals surface area contributed by atoms with Crippen LogP contribution in [0.3, 0.4) is 0 Å². The summed E-state index contributed by atoms with van der Waals surface area (Å²) in [6.45, 7) is 0.782. The average Bonchev–Trinajstić information content (AvgIpc) is 2.99. The molecule has 88 valence electrons. The second kappa shape index (κ2) is 7.09. The standard InChI is InChI=1S/C10H20N2O2S/c1-14-5-2-6-15-7-9(10(11)13)12-8-3-4-8/h8-9,12H,2-7H2,1H3,(H2,11,13). The van der Waals surface area contributed by atoms with Gasteiger partial charge in [-0.3, -0.25) is 4.79 Å². The highest BCUT2D eigenvalue weighted by Crippen LogP contribution is 2.20. The summed E-state index contributed by atoms with van der Waals surface area (Å²) in [4.78, 5) is 11.1. The number of nitrogens with one attached hydrogen (secondary N) is 1. The predicted octanol–water partition coefficient (Wildman–Crippen LogP) is 0.362. The highest BCUT2D eigenvalue weighted by atomic mass is 32.2. The molecule has 1 saturated carbocycles. The molecule has 0 heterocycles. The van der Waals surface area contributed by atoms with Gasteiger partial charge in [0.2, 0.25) is 5.91 Å². The van der Waals surface area contributed by atoms with Crippen molar-refractivity contribution in [1.29, 1.82) is 0 Å². The quantitative estimate of drug-likeness (QED) is 0.564. The van der Waals surface area contributed by atoms with Crippen LogP contribution in [0.2, 0.25) is 0 Å². The molecule has 1 aliphatic rings. The summed E-state index contributed by atoms with van der Waals surface area (Å²) in [5.74, 6) is 1.56. The first-order valence-electron chi connectivity index (χ1n) is 5.36. The molecule has 1 atom stereocenters. The molecule has 0 spiro atoms. The SMILES string of the molecule is COCCCSCC(NC1CC1)C(N)=O. The summed E-state index contributed by atoms with van der Waals surface area (Å²) >= 11 is 1.76. The summed E-state index contributed by atoms with van der Waals surface area (Å²) in [6, 6.07) is 0.368. The molecule has 0 aromatic carbocycles. The van der Waals surface area contributed by atoms with Crippen molar-refractivity contribution >= 4 is 17.7 Å². The van der Waals surface area contributed by atoms with E-state index in [1.54, 1.807) is 18.9 Å². The van der Waals surface area contributed by atoms with Gasteiger partial charge in [-0.25, -0.2) is 0 Å². The topological polar surface area (TPSA) is 64.3 Å². The van der Waals surface area contributed by atoms with Crippen LogP contribution in [0.15, 0.2) is 0 Å². The molecule has 1 rings (SSSR count). The smallest absolute Gasteiger partial charge is 0.235 e. The number of nitrogens with two attached hydrogens (primary N) is 1. The van der Waals surface area contributed by atoms with Crippen molar-refractivity contribution in [1.82, 2.24) is 5.32 Å². The second-order valence-corrected chi connectivity index (χ2v) is 4.97. The summed E-state index contributed by atoms with van der Waals surface area (Å²) in [6.07, 6.45) is 3.38. The van der Waals surface area contributed by atoms with E-state index in [1.807, 2.05) is 0 Å². The Bertz CT molecular complexity index is 198. The molecular formula is C10H20N2O2S. The minimum atomic E-state index is -0.235. The Hall–Kier alpha value is -0.260. The minimum absolute atomic E-state index is 0.162. The van der Waals surface area contributed by atoms with Gasteiger partial charge in [0.1, 0.15) is 0 Å². The molecule has 4 nitrogen and oxygen atoms in total. The van der Waals surface area contributed by atoms with Crippen LogP contribution >= 0.6 is 11.8 Å². The van der Waals surface area contributed by atoms with Gasteiger partial charge in [0.15, 0.2) is 0 Å². The highest BCUT2D eigenvalue weighted by Gasteiger charge is 2.26. The molecule has 0 aromatic rings. The summed E-state index contributed by atoms with van der Waals surface area (Å²) in [5, 5.41) is 3.25. The van der Waals surface area contributed by atoms with Crippen LogP contribution in [-0.4, -0.2) is 43.2 Å². The van der Waals surface area contributed by atoms with Crippen LogP contribution in [0.1, 0.15) is 19.3 Å². The number of primary amides is 1. The van der Waals surface area contributed by atoms with Gasteiger partial charge in [-0.05, 0) is 25.0 Å². The number of hydrogen-bond acceptors (Lipinski definition) is 4. The van der Waals surface area contributed by atoms with Crippen LogP contribution in [-0.2, 0) is 9.53 Å². The third-order valence-electron chi connectivity index (χ3n) is 2.28. The molecule has 0 saturated heterocycles. The van der Waals surface area contributed by atoms with E-state index >= 15 is 0 Å². The van der Waals surface area contributed by atoms with Crippen molar-refractivity contribution in [3.63, 3.8) is 0 Å². The molecule has 3 N–H and O–H groups in total. The Kier molecular flexibility index (Phi) is 6.05. The van der Waals surface area contributed by atoms with Crippen LogP contribution in [0.4, 0.5) is 0 Å². The Morgan fingerprint density at radius 3 is 2.93 bits per heavy atom. The molecule has 15 heavy (non-hydrogen) atoms. The molecule has 1 aliphatic carbocycles. The van der Waals surface area contributed by atoms with Crippen molar-refractivity contribution < 1.29 is 9.53 Å². The normalized spacial score (nSPS) is 17.7. The van der Waals surface area contributed by atoms with Crippen molar-refractivity contribution in [3.05, 3.63) is 0 Å². The maximum Gasteiger partial charge on any atom is 0.235 e. The van der Waals surface area contributed by atoms with Gasteiger partial charge < -0.3 is 15.8 Å². The fraction of sp³-hybridized carbons (Fsp3) is 0.900. The zero-order valence-electron chi connectivity index (χ0n) is 9.20. The molecule has 0 aromatic heterocycles.